The normalized spacial score (nSPS) is 11.7. The van der Waals surface area contributed by atoms with Gasteiger partial charge in [0.25, 0.3) is 11.8 Å². The van der Waals surface area contributed by atoms with Crippen molar-refractivity contribution in [1.82, 2.24) is 0 Å². The van der Waals surface area contributed by atoms with Crippen LogP contribution in [0.2, 0.25) is 0 Å². The minimum atomic E-state index is -0.0991. The highest BCUT2D eigenvalue weighted by atomic mass is 16.2. The number of rotatable bonds is 7. The van der Waals surface area contributed by atoms with Crippen LogP contribution in [0.15, 0.2) is 42.5 Å². The van der Waals surface area contributed by atoms with Crippen LogP contribution in [-0.2, 0) is 16.0 Å². The van der Waals surface area contributed by atoms with Gasteiger partial charge in [0.15, 0.2) is 13.1 Å². The zero-order chi connectivity index (χ0) is 19.1. The maximum Gasteiger partial charge on any atom is 0.279 e. The fourth-order valence-corrected chi connectivity index (χ4v) is 2.84. The third-order valence-electron chi connectivity index (χ3n) is 4.48. The topological polar surface area (TPSA) is 62.6 Å². The van der Waals surface area contributed by atoms with Crippen LogP contribution in [0.4, 0.5) is 11.4 Å². The third kappa shape index (κ3) is 5.43. The Morgan fingerprint density at radius 3 is 2.12 bits per heavy atom. The molecule has 0 heterocycles. The van der Waals surface area contributed by atoms with Crippen molar-refractivity contribution < 1.29 is 14.5 Å². The molecule has 2 amide bonds. The number of quaternary nitrogens is 1. The number of carbonyl (C=O) groups excluding carboxylic acids is 2. The Morgan fingerprint density at radius 1 is 0.885 bits per heavy atom. The van der Waals surface area contributed by atoms with E-state index in [1.807, 2.05) is 63.4 Å². The molecule has 0 saturated carbocycles. The molecule has 0 fully saturated rings. The average molecular weight is 354 g/mol. The number of hydrogen-bond donors (Lipinski definition) is 3. The SMILES string of the molecule is CCc1ccccc1NC(=O)C[NH+](C)CC(=O)Nc1cccc(C)c1C. The molecule has 2 rings (SSSR count). The highest BCUT2D eigenvalue weighted by Crippen LogP contribution is 2.17. The van der Waals surface area contributed by atoms with Gasteiger partial charge in [-0.15, -0.1) is 0 Å². The summed E-state index contributed by atoms with van der Waals surface area (Å²) in [6.07, 6.45) is 0.859. The maximum atomic E-state index is 12.3. The standard InChI is InChI=1S/C21H27N3O2/c1-5-17-10-6-7-11-19(17)23-21(26)14-24(4)13-20(25)22-18-12-8-9-15(2)16(18)3/h6-12H,5,13-14H2,1-4H3,(H,22,25)(H,23,26)/p+1. The molecule has 1 unspecified atom stereocenters. The molecule has 0 bridgehead atoms. The van der Waals surface area contributed by atoms with E-state index in [2.05, 4.69) is 17.6 Å². The second kappa shape index (κ2) is 9.15. The molecule has 0 radical (unpaired) electrons. The molecule has 0 aromatic heterocycles. The predicted molar refractivity (Wildman–Crippen MR) is 106 cm³/mol. The summed E-state index contributed by atoms with van der Waals surface area (Å²) in [5, 5.41) is 5.87. The fraction of sp³-hybridized carbons (Fsp3) is 0.333. The first-order chi connectivity index (χ1) is 12.4. The number of benzene rings is 2. The second-order valence-corrected chi connectivity index (χ2v) is 6.67. The predicted octanol–water partition coefficient (Wildman–Crippen LogP) is 1.96. The summed E-state index contributed by atoms with van der Waals surface area (Å²) in [6.45, 7) is 6.52. The van der Waals surface area contributed by atoms with Gasteiger partial charge >= 0.3 is 0 Å². The number of amides is 2. The molecule has 1 atom stereocenters. The molecule has 0 aliphatic carbocycles. The van der Waals surface area contributed by atoms with E-state index in [0.717, 1.165) is 39.4 Å². The largest absolute Gasteiger partial charge is 0.322 e. The molecule has 0 aliphatic heterocycles. The molecule has 2 aromatic rings. The summed E-state index contributed by atoms with van der Waals surface area (Å²) in [6, 6.07) is 13.6. The Bertz CT molecular complexity index is 787. The van der Waals surface area contributed by atoms with Gasteiger partial charge in [-0.05, 0) is 49.1 Å². The van der Waals surface area contributed by atoms with E-state index in [0.29, 0.717) is 0 Å². The maximum absolute atomic E-state index is 12.3. The van der Waals surface area contributed by atoms with Crippen LogP contribution in [0.3, 0.4) is 0 Å². The number of nitrogens with one attached hydrogen (secondary N) is 3. The lowest BCUT2D eigenvalue weighted by Crippen LogP contribution is -3.11. The highest BCUT2D eigenvalue weighted by Gasteiger charge is 2.16. The number of anilines is 2. The van der Waals surface area contributed by atoms with E-state index in [1.165, 1.54) is 0 Å². The Labute approximate surface area is 155 Å². The van der Waals surface area contributed by atoms with Gasteiger partial charge < -0.3 is 15.5 Å². The Balaban J connectivity index is 1.87. The lowest BCUT2D eigenvalue weighted by molar-refractivity contribution is -0.862. The molecular formula is C21H28N3O2+. The van der Waals surface area contributed by atoms with Gasteiger partial charge in [-0.1, -0.05) is 37.3 Å². The van der Waals surface area contributed by atoms with Crippen molar-refractivity contribution in [3.05, 3.63) is 59.2 Å². The highest BCUT2D eigenvalue weighted by molar-refractivity contribution is 5.94. The van der Waals surface area contributed by atoms with Crippen molar-refractivity contribution in [3.8, 4) is 0 Å². The monoisotopic (exact) mass is 354 g/mol. The van der Waals surface area contributed by atoms with E-state index < -0.39 is 0 Å². The zero-order valence-corrected chi connectivity index (χ0v) is 16.0. The van der Waals surface area contributed by atoms with Crippen LogP contribution in [0.5, 0.6) is 0 Å². The van der Waals surface area contributed by atoms with Gasteiger partial charge in [0.2, 0.25) is 0 Å². The van der Waals surface area contributed by atoms with Crippen molar-refractivity contribution in [2.24, 2.45) is 0 Å². The lowest BCUT2D eigenvalue weighted by atomic mass is 10.1. The van der Waals surface area contributed by atoms with Gasteiger partial charge in [0.05, 0.1) is 7.05 Å². The number of carbonyl (C=O) groups is 2. The van der Waals surface area contributed by atoms with Crippen LogP contribution in [0.25, 0.3) is 0 Å². The van der Waals surface area contributed by atoms with Crippen LogP contribution >= 0.6 is 0 Å². The lowest BCUT2D eigenvalue weighted by Gasteiger charge is -2.16. The Morgan fingerprint density at radius 2 is 1.46 bits per heavy atom. The molecule has 5 nitrogen and oxygen atoms in total. The van der Waals surface area contributed by atoms with Crippen molar-refractivity contribution in [2.45, 2.75) is 27.2 Å². The molecule has 26 heavy (non-hydrogen) atoms. The van der Waals surface area contributed by atoms with E-state index >= 15 is 0 Å². The van der Waals surface area contributed by atoms with Crippen molar-refractivity contribution in [3.63, 3.8) is 0 Å². The minimum Gasteiger partial charge on any atom is -0.322 e. The van der Waals surface area contributed by atoms with E-state index in [-0.39, 0.29) is 24.9 Å². The molecule has 0 saturated heterocycles. The zero-order valence-electron chi connectivity index (χ0n) is 16.0. The van der Waals surface area contributed by atoms with Crippen LogP contribution in [-0.4, -0.2) is 32.0 Å². The number of hydrogen-bond acceptors (Lipinski definition) is 2. The van der Waals surface area contributed by atoms with Gasteiger partial charge in [0, 0.05) is 11.4 Å². The molecule has 138 valence electrons. The quantitative estimate of drug-likeness (QED) is 0.712. The number of likely N-dealkylation sites (N-methyl/N-ethyl adjacent to an activating group) is 1. The van der Waals surface area contributed by atoms with E-state index in [1.54, 1.807) is 0 Å². The molecule has 3 N–H and O–H groups in total. The van der Waals surface area contributed by atoms with Crippen molar-refractivity contribution >= 4 is 23.2 Å². The van der Waals surface area contributed by atoms with Crippen molar-refractivity contribution in [2.75, 3.05) is 30.8 Å². The Kier molecular flexibility index (Phi) is 6.92. The summed E-state index contributed by atoms with van der Waals surface area (Å²) in [7, 11) is 1.84. The van der Waals surface area contributed by atoms with E-state index in [9.17, 15) is 9.59 Å². The van der Waals surface area contributed by atoms with Crippen LogP contribution < -0.4 is 15.5 Å². The molecule has 2 aromatic carbocycles. The summed E-state index contributed by atoms with van der Waals surface area (Å²) in [5.41, 5.74) is 4.97. The van der Waals surface area contributed by atoms with Gasteiger partial charge in [-0.25, -0.2) is 0 Å². The summed E-state index contributed by atoms with van der Waals surface area (Å²) in [4.78, 5) is 25.4. The van der Waals surface area contributed by atoms with Crippen LogP contribution in [0, 0.1) is 13.8 Å². The first-order valence-electron chi connectivity index (χ1n) is 8.95. The number of aryl methyl sites for hydroxylation is 2. The van der Waals surface area contributed by atoms with Crippen molar-refractivity contribution in [1.29, 1.82) is 0 Å². The molecule has 0 spiro atoms. The van der Waals surface area contributed by atoms with Crippen LogP contribution in [0.1, 0.15) is 23.6 Å². The first kappa shape index (κ1) is 19.7. The summed E-state index contributed by atoms with van der Waals surface area (Å²) < 4.78 is 0. The average Bonchev–Trinajstić information content (AvgIpc) is 2.59. The van der Waals surface area contributed by atoms with Gasteiger partial charge in [-0.3, -0.25) is 9.59 Å². The van der Waals surface area contributed by atoms with Gasteiger partial charge in [-0.2, -0.15) is 0 Å². The smallest absolute Gasteiger partial charge is 0.279 e. The minimum absolute atomic E-state index is 0.0945. The third-order valence-corrected chi connectivity index (χ3v) is 4.48. The summed E-state index contributed by atoms with van der Waals surface area (Å²) in [5.74, 6) is -0.194. The summed E-state index contributed by atoms with van der Waals surface area (Å²) >= 11 is 0. The van der Waals surface area contributed by atoms with E-state index in [4.69, 9.17) is 0 Å². The Hall–Kier alpha value is -2.66. The molecule has 0 aliphatic rings. The molecular weight excluding hydrogens is 326 g/mol. The second-order valence-electron chi connectivity index (χ2n) is 6.67. The van der Waals surface area contributed by atoms with Gasteiger partial charge in [0.1, 0.15) is 0 Å². The number of para-hydroxylation sites is 1. The molecule has 5 heteroatoms. The first-order valence-corrected chi connectivity index (χ1v) is 8.95. The fourth-order valence-electron chi connectivity index (χ4n) is 2.84.